The number of rotatable bonds is 3. The zero-order valence-electron chi connectivity index (χ0n) is 9.89. The summed E-state index contributed by atoms with van der Waals surface area (Å²) in [6.45, 7) is 0. The van der Waals surface area contributed by atoms with Crippen LogP contribution in [-0.4, -0.2) is 11.8 Å². The third-order valence-corrected chi connectivity index (χ3v) is 2.86. The van der Waals surface area contributed by atoms with Crippen LogP contribution in [0.15, 0.2) is 48.5 Å². The lowest BCUT2D eigenvalue weighted by Crippen LogP contribution is -2.15. The molecule has 0 aliphatic carbocycles. The van der Waals surface area contributed by atoms with Crippen molar-refractivity contribution in [1.82, 2.24) is 0 Å². The first-order valence-corrected chi connectivity index (χ1v) is 5.91. The second-order valence-electron chi connectivity index (χ2n) is 3.88. The van der Waals surface area contributed by atoms with E-state index in [0.717, 1.165) is 0 Å². The Bertz CT molecular complexity index is 627. The van der Waals surface area contributed by atoms with E-state index in [1.165, 1.54) is 18.2 Å². The van der Waals surface area contributed by atoms with E-state index in [1.807, 2.05) is 18.2 Å². The van der Waals surface area contributed by atoms with E-state index in [0.29, 0.717) is 11.3 Å². The van der Waals surface area contributed by atoms with Crippen LogP contribution in [0.4, 0.5) is 5.69 Å². The van der Waals surface area contributed by atoms with Gasteiger partial charge >= 0.3 is 0 Å². The number of nitrogens with two attached hydrogens (primary N) is 1. The highest BCUT2D eigenvalue weighted by molar-refractivity contribution is 6.34. The lowest BCUT2D eigenvalue weighted by molar-refractivity contribution is 0.100. The molecule has 0 heterocycles. The number of hydrogen-bond donors (Lipinski definition) is 2. The quantitative estimate of drug-likeness (QED) is 0.903. The topological polar surface area (TPSA) is 72.2 Å². The molecule has 2 amide bonds. The Balaban J connectivity index is 2.25. The molecule has 19 heavy (non-hydrogen) atoms. The zero-order valence-corrected chi connectivity index (χ0v) is 10.6. The second kappa shape index (κ2) is 5.54. The number of benzene rings is 2. The first-order valence-electron chi connectivity index (χ1n) is 5.53. The van der Waals surface area contributed by atoms with Crippen molar-refractivity contribution in [3.63, 3.8) is 0 Å². The van der Waals surface area contributed by atoms with Crippen LogP contribution >= 0.6 is 11.6 Å². The lowest BCUT2D eigenvalue weighted by Gasteiger charge is -2.06. The number of amides is 2. The van der Waals surface area contributed by atoms with Gasteiger partial charge in [-0.3, -0.25) is 9.59 Å². The van der Waals surface area contributed by atoms with Crippen molar-refractivity contribution < 1.29 is 9.59 Å². The monoisotopic (exact) mass is 274 g/mol. The van der Waals surface area contributed by atoms with Gasteiger partial charge in [-0.25, -0.2) is 0 Å². The fraction of sp³-hybridized carbons (Fsp3) is 0. The van der Waals surface area contributed by atoms with E-state index in [4.69, 9.17) is 17.3 Å². The van der Waals surface area contributed by atoms with Gasteiger partial charge in [0.05, 0.1) is 10.6 Å². The van der Waals surface area contributed by atoms with Crippen LogP contribution in [-0.2, 0) is 0 Å². The normalized spacial score (nSPS) is 9.95. The van der Waals surface area contributed by atoms with Gasteiger partial charge in [-0.15, -0.1) is 0 Å². The maximum Gasteiger partial charge on any atom is 0.255 e. The van der Waals surface area contributed by atoms with Gasteiger partial charge in [-0.2, -0.15) is 0 Å². The van der Waals surface area contributed by atoms with E-state index in [9.17, 15) is 9.59 Å². The fourth-order valence-electron chi connectivity index (χ4n) is 1.58. The van der Waals surface area contributed by atoms with Crippen LogP contribution in [0.5, 0.6) is 0 Å². The minimum Gasteiger partial charge on any atom is -0.366 e. The summed E-state index contributed by atoms with van der Waals surface area (Å²) in [6, 6.07) is 13.4. The number of halogens is 1. The van der Waals surface area contributed by atoms with Crippen molar-refractivity contribution in [1.29, 1.82) is 0 Å². The Morgan fingerprint density at radius 2 is 1.74 bits per heavy atom. The van der Waals surface area contributed by atoms with Gasteiger partial charge in [0.1, 0.15) is 0 Å². The summed E-state index contributed by atoms with van der Waals surface area (Å²) < 4.78 is 0. The third kappa shape index (κ3) is 3.11. The minimum atomic E-state index is -0.667. The van der Waals surface area contributed by atoms with Crippen molar-refractivity contribution in [2.75, 3.05) is 5.32 Å². The van der Waals surface area contributed by atoms with Crippen LogP contribution < -0.4 is 11.1 Å². The van der Waals surface area contributed by atoms with E-state index >= 15 is 0 Å². The molecule has 2 rings (SSSR count). The highest BCUT2D eigenvalue weighted by Gasteiger charge is 2.12. The first-order chi connectivity index (χ1) is 9.08. The Hall–Kier alpha value is -2.33. The molecule has 5 heteroatoms. The number of anilines is 1. The summed E-state index contributed by atoms with van der Waals surface area (Å²) >= 11 is 5.82. The largest absolute Gasteiger partial charge is 0.366 e. The molecule has 0 radical (unpaired) electrons. The Morgan fingerprint density at radius 1 is 1.05 bits per heavy atom. The summed E-state index contributed by atoms with van der Waals surface area (Å²) in [5, 5.41) is 2.94. The second-order valence-corrected chi connectivity index (χ2v) is 4.29. The molecule has 2 aromatic rings. The lowest BCUT2D eigenvalue weighted by atomic mass is 10.1. The van der Waals surface area contributed by atoms with E-state index in [1.54, 1.807) is 12.1 Å². The van der Waals surface area contributed by atoms with Crippen LogP contribution in [0.25, 0.3) is 0 Å². The molecule has 0 atom stereocenters. The zero-order chi connectivity index (χ0) is 13.8. The molecular weight excluding hydrogens is 264 g/mol. The van der Waals surface area contributed by atoms with Gasteiger partial charge in [-0.1, -0.05) is 29.8 Å². The standard InChI is InChI=1S/C14H11ClN2O2/c15-12-7-6-9(8-11(12)13(16)18)14(19)17-10-4-2-1-3-5-10/h1-8H,(H2,16,18)(H,17,19). The predicted octanol–water partition coefficient (Wildman–Crippen LogP) is 2.69. The van der Waals surface area contributed by atoms with Crippen molar-refractivity contribution in [2.24, 2.45) is 5.73 Å². The Kier molecular flexibility index (Phi) is 3.82. The molecule has 0 unspecified atom stereocenters. The van der Waals surface area contributed by atoms with Gasteiger partial charge in [0.15, 0.2) is 0 Å². The fourth-order valence-corrected chi connectivity index (χ4v) is 1.79. The minimum absolute atomic E-state index is 0.127. The summed E-state index contributed by atoms with van der Waals surface area (Å²) in [6.07, 6.45) is 0. The molecule has 0 saturated heterocycles. The van der Waals surface area contributed by atoms with Crippen molar-refractivity contribution in [3.8, 4) is 0 Å². The van der Waals surface area contributed by atoms with Crippen LogP contribution in [0, 0.1) is 0 Å². The molecule has 0 aliphatic heterocycles. The Labute approximate surface area is 115 Å². The summed E-state index contributed by atoms with van der Waals surface area (Å²) in [5.41, 5.74) is 6.30. The molecule has 4 nitrogen and oxygen atoms in total. The predicted molar refractivity (Wildman–Crippen MR) is 74.4 cm³/mol. The molecule has 0 fully saturated rings. The molecule has 0 bridgehead atoms. The highest BCUT2D eigenvalue weighted by atomic mass is 35.5. The number of para-hydroxylation sites is 1. The molecule has 96 valence electrons. The van der Waals surface area contributed by atoms with Gasteiger partial charge in [-0.05, 0) is 30.3 Å². The van der Waals surface area contributed by atoms with Gasteiger partial charge in [0.2, 0.25) is 5.91 Å². The maximum atomic E-state index is 12.0. The average Bonchev–Trinajstić information content (AvgIpc) is 2.40. The highest BCUT2D eigenvalue weighted by Crippen LogP contribution is 2.18. The molecule has 2 aromatic carbocycles. The SMILES string of the molecule is NC(=O)c1cc(C(=O)Nc2ccccc2)ccc1Cl. The molecule has 0 spiro atoms. The van der Waals surface area contributed by atoms with Gasteiger partial charge in [0, 0.05) is 11.3 Å². The summed E-state index contributed by atoms with van der Waals surface area (Å²) in [7, 11) is 0. The average molecular weight is 275 g/mol. The van der Waals surface area contributed by atoms with Gasteiger partial charge < -0.3 is 11.1 Å². The van der Waals surface area contributed by atoms with Crippen LogP contribution in [0.1, 0.15) is 20.7 Å². The van der Waals surface area contributed by atoms with E-state index in [2.05, 4.69) is 5.32 Å². The molecule has 0 aromatic heterocycles. The summed E-state index contributed by atoms with van der Waals surface area (Å²) in [5.74, 6) is -0.996. The first kappa shape index (κ1) is 13.1. The van der Waals surface area contributed by atoms with E-state index < -0.39 is 5.91 Å². The number of nitrogens with one attached hydrogen (secondary N) is 1. The number of primary amides is 1. The molecular formula is C14H11ClN2O2. The number of hydrogen-bond acceptors (Lipinski definition) is 2. The van der Waals surface area contributed by atoms with Gasteiger partial charge in [0.25, 0.3) is 5.91 Å². The summed E-state index contributed by atoms with van der Waals surface area (Å²) in [4.78, 5) is 23.2. The van der Waals surface area contributed by atoms with Crippen LogP contribution in [0.3, 0.4) is 0 Å². The number of carbonyl (C=O) groups excluding carboxylic acids is 2. The Morgan fingerprint density at radius 3 is 2.37 bits per heavy atom. The maximum absolute atomic E-state index is 12.0. The third-order valence-electron chi connectivity index (χ3n) is 2.53. The van der Waals surface area contributed by atoms with Crippen molar-refractivity contribution in [3.05, 3.63) is 64.7 Å². The van der Waals surface area contributed by atoms with Crippen molar-refractivity contribution >= 4 is 29.1 Å². The number of carbonyl (C=O) groups is 2. The smallest absolute Gasteiger partial charge is 0.255 e. The molecule has 3 N–H and O–H groups in total. The van der Waals surface area contributed by atoms with Crippen molar-refractivity contribution in [2.45, 2.75) is 0 Å². The molecule has 0 aliphatic rings. The van der Waals surface area contributed by atoms with Crippen LogP contribution in [0.2, 0.25) is 5.02 Å². The van der Waals surface area contributed by atoms with E-state index in [-0.39, 0.29) is 16.5 Å². The molecule has 0 saturated carbocycles.